The molecule has 6 nitrogen and oxygen atoms in total. The van der Waals surface area contributed by atoms with Crippen LogP contribution in [-0.2, 0) is 13.0 Å². The average Bonchev–Trinajstić information content (AvgIpc) is 3.21. The van der Waals surface area contributed by atoms with Crippen LogP contribution in [0.1, 0.15) is 41.0 Å². The van der Waals surface area contributed by atoms with E-state index in [0.29, 0.717) is 24.7 Å². The van der Waals surface area contributed by atoms with Gasteiger partial charge in [-0.15, -0.1) is 0 Å². The van der Waals surface area contributed by atoms with Crippen LogP contribution in [0.25, 0.3) is 0 Å². The number of aromatic nitrogens is 4. The SMILES string of the molecule is O=c1onc(Cc2ccc(F)cc2)n1Cc1nc(C2CC2)ns1. The Hall–Kier alpha value is -2.35. The minimum atomic E-state index is -0.523. The molecule has 8 heteroatoms. The third-order valence-electron chi connectivity index (χ3n) is 3.76. The van der Waals surface area contributed by atoms with E-state index in [4.69, 9.17) is 4.52 Å². The van der Waals surface area contributed by atoms with E-state index in [-0.39, 0.29) is 5.82 Å². The number of nitrogens with zero attached hydrogens (tertiary/aromatic N) is 4. The molecule has 0 bridgehead atoms. The third kappa shape index (κ3) is 3.07. The van der Waals surface area contributed by atoms with Crippen molar-refractivity contribution in [2.24, 2.45) is 0 Å². The molecule has 4 rings (SSSR count). The lowest BCUT2D eigenvalue weighted by Crippen LogP contribution is -2.18. The molecular formula is C15H13FN4O2S. The van der Waals surface area contributed by atoms with E-state index < -0.39 is 5.76 Å². The van der Waals surface area contributed by atoms with Crippen LogP contribution in [0.5, 0.6) is 0 Å². The summed E-state index contributed by atoms with van der Waals surface area (Å²) >= 11 is 1.30. The lowest BCUT2D eigenvalue weighted by atomic mass is 10.1. The van der Waals surface area contributed by atoms with Crippen molar-refractivity contribution < 1.29 is 8.91 Å². The van der Waals surface area contributed by atoms with Crippen LogP contribution in [0.4, 0.5) is 4.39 Å². The predicted octanol–water partition coefficient (Wildman–Crippen LogP) is 2.34. The van der Waals surface area contributed by atoms with Crippen molar-refractivity contribution in [1.29, 1.82) is 0 Å². The largest absolute Gasteiger partial charge is 0.442 e. The summed E-state index contributed by atoms with van der Waals surface area (Å²) < 4.78 is 23.5. The first-order valence-electron chi connectivity index (χ1n) is 7.31. The topological polar surface area (TPSA) is 73.8 Å². The van der Waals surface area contributed by atoms with E-state index in [9.17, 15) is 9.18 Å². The normalized spacial score (nSPS) is 14.3. The fourth-order valence-corrected chi connectivity index (χ4v) is 3.05. The minimum Gasteiger partial charge on any atom is -0.296 e. The molecule has 1 aromatic carbocycles. The molecule has 1 aliphatic rings. The van der Waals surface area contributed by atoms with Gasteiger partial charge in [-0.25, -0.2) is 14.2 Å². The molecule has 1 aliphatic carbocycles. The molecule has 0 spiro atoms. The Kier molecular flexibility index (Phi) is 3.53. The number of hydrogen-bond donors (Lipinski definition) is 0. The summed E-state index contributed by atoms with van der Waals surface area (Å²) in [5.41, 5.74) is 0.851. The number of rotatable bonds is 5. The Morgan fingerprint density at radius 3 is 2.83 bits per heavy atom. The number of hydrogen-bond acceptors (Lipinski definition) is 6. The van der Waals surface area contributed by atoms with Gasteiger partial charge in [0, 0.05) is 12.3 Å². The summed E-state index contributed by atoms with van der Waals surface area (Å²) in [6, 6.07) is 6.08. The van der Waals surface area contributed by atoms with Gasteiger partial charge in [0.1, 0.15) is 16.6 Å². The summed E-state index contributed by atoms with van der Waals surface area (Å²) in [5, 5.41) is 4.58. The number of benzene rings is 1. The lowest BCUT2D eigenvalue weighted by molar-refractivity contribution is 0.375. The Balaban J connectivity index is 1.56. The molecule has 23 heavy (non-hydrogen) atoms. The number of halogens is 1. The van der Waals surface area contributed by atoms with Crippen molar-refractivity contribution in [1.82, 2.24) is 19.1 Å². The maximum atomic E-state index is 13.0. The van der Waals surface area contributed by atoms with Crippen LogP contribution < -0.4 is 5.76 Å². The van der Waals surface area contributed by atoms with Crippen molar-refractivity contribution >= 4 is 11.5 Å². The highest BCUT2D eigenvalue weighted by Gasteiger charge is 2.28. The molecule has 0 aliphatic heterocycles. The summed E-state index contributed by atoms with van der Waals surface area (Å²) in [6.07, 6.45) is 2.67. The highest BCUT2D eigenvalue weighted by atomic mass is 32.1. The van der Waals surface area contributed by atoms with E-state index in [1.54, 1.807) is 12.1 Å². The Bertz CT molecular complexity index is 880. The predicted molar refractivity (Wildman–Crippen MR) is 81.0 cm³/mol. The van der Waals surface area contributed by atoms with Gasteiger partial charge in [-0.3, -0.25) is 9.09 Å². The highest BCUT2D eigenvalue weighted by Crippen LogP contribution is 2.38. The lowest BCUT2D eigenvalue weighted by Gasteiger charge is -2.02. The summed E-state index contributed by atoms with van der Waals surface area (Å²) in [6.45, 7) is 0.295. The molecule has 1 fully saturated rings. The van der Waals surface area contributed by atoms with Gasteiger partial charge in [0.05, 0.1) is 6.54 Å². The standard InChI is InChI=1S/C15H13FN4O2S/c16-11-5-1-9(2-6-11)7-12-18-22-15(21)20(12)8-13-17-14(19-23-13)10-3-4-10/h1-2,5-6,10H,3-4,7-8H2. The second-order valence-corrected chi connectivity index (χ2v) is 6.41. The van der Waals surface area contributed by atoms with Crippen LogP contribution in [0.2, 0.25) is 0 Å². The maximum absolute atomic E-state index is 13.0. The molecule has 0 amide bonds. The Labute approximate surface area is 134 Å². The van der Waals surface area contributed by atoms with Crippen molar-refractivity contribution in [3.63, 3.8) is 0 Å². The Morgan fingerprint density at radius 1 is 1.30 bits per heavy atom. The smallest absolute Gasteiger partial charge is 0.296 e. The average molecular weight is 332 g/mol. The zero-order chi connectivity index (χ0) is 15.8. The van der Waals surface area contributed by atoms with Gasteiger partial charge in [-0.2, -0.15) is 4.37 Å². The molecule has 0 atom stereocenters. The zero-order valence-corrected chi connectivity index (χ0v) is 12.9. The molecule has 0 saturated heterocycles. The van der Waals surface area contributed by atoms with Crippen molar-refractivity contribution in [3.05, 3.63) is 62.9 Å². The van der Waals surface area contributed by atoms with Gasteiger partial charge < -0.3 is 0 Å². The van der Waals surface area contributed by atoms with E-state index in [0.717, 1.165) is 29.2 Å². The van der Waals surface area contributed by atoms with E-state index in [1.165, 1.54) is 28.2 Å². The summed E-state index contributed by atoms with van der Waals surface area (Å²) in [7, 11) is 0. The van der Waals surface area contributed by atoms with Crippen molar-refractivity contribution in [2.75, 3.05) is 0 Å². The third-order valence-corrected chi connectivity index (χ3v) is 4.47. The molecule has 118 valence electrons. The second kappa shape index (κ2) is 5.69. The quantitative estimate of drug-likeness (QED) is 0.717. The first-order valence-corrected chi connectivity index (χ1v) is 8.08. The molecule has 0 radical (unpaired) electrons. The Morgan fingerprint density at radius 2 is 2.09 bits per heavy atom. The van der Waals surface area contributed by atoms with E-state index in [1.807, 2.05) is 0 Å². The second-order valence-electron chi connectivity index (χ2n) is 5.57. The van der Waals surface area contributed by atoms with Gasteiger partial charge >= 0.3 is 5.76 Å². The van der Waals surface area contributed by atoms with Gasteiger partial charge in [-0.1, -0.05) is 17.3 Å². The fourth-order valence-electron chi connectivity index (χ4n) is 2.34. The maximum Gasteiger partial charge on any atom is 0.442 e. The van der Waals surface area contributed by atoms with E-state index >= 15 is 0 Å². The van der Waals surface area contributed by atoms with Crippen molar-refractivity contribution in [3.8, 4) is 0 Å². The van der Waals surface area contributed by atoms with Crippen LogP contribution in [0.15, 0.2) is 33.6 Å². The fraction of sp³-hybridized carbons (Fsp3) is 0.333. The first-order chi connectivity index (χ1) is 11.2. The molecule has 2 heterocycles. The molecule has 3 aromatic rings. The van der Waals surface area contributed by atoms with Crippen LogP contribution in [0.3, 0.4) is 0 Å². The van der Waals surface area contributed by atoms with Crippen LogP contribution in [-0.4, -0.2) is 19.1 Å². The molecular weight excluding hydrogens is 319 g/mol. The zero-order valence-electron chi connectivity index (χ0n) is 12.1. The van der Waals surface area contributed by atoms with E-state index in [2.05, 4.69) is 14.5 Å². The van der Waals surface area contributed by atoms with Crippen LogP contribution >= 0.6 is 11.5 Å². The highest BCUT2D eigenvalue weighted by molar-refractivity contribution is 7.05. The van der Waals surface area contributed by atoms with Crippen LogP contribution in [0, 0.1) is 5.82 Å². The van der Waals surface area contributed by atoms with Gasteiger partial charge in [0.25, 0.3) is 0 Å². The molecule has 1 saturated carbocycles. The molecule has 0 unspecified atom stereocenters. The first kappa shape index (κ1) is 14.3. The molecule has 0 N–H and O–H groups in total. The summed E-state index contributed by atoms with van der Waals surface area (Å²) in [5.74, 6) is 1.02. The minimum absolute atomic E-state index is 0.295. The van der Waals surface area contributed by atoms with Crippen molar-refractivity contribution in [2.45, 2.75) is 31.7 Å². The monoisotopic (exact) mass is 332 g/mol. The summed E-state index contributed by atoms with van der Waals surface area (Å²) in [4.78, 5) is 16.3. The van der Waals surface area contributed by atoms with Gasteiger partial charge in [0.15, 0.2) is 5.82 Å². The van der Waals surface area contributed by atoms with Gasteiger partial charge in [-0.05, 0) is 42.1 Å². The molecule has 2 aromatic heterocycles. The van der Waals surface area contributed by atoms with Gasteiger partial charge in [0.2, 0.25) is 0 Å².